The molecule has 1 N–H and O–H groups in total. The Labute approximate surface area is 205 Å². The summed E-state index contributed by atoms with van der Waals surface area (Å²) in [6.45, 7) is 5.48. The second kappa shape index (κ2) is 10.1. The van der Waals surface area contributed by atoms with Gasteiger partial charge in [0.1, 0.15) is 5.82 Å². The monoisotopic (exact) mass is 473 g/mol. The predicted octanol–water partition coefficient (Wildman–Crippen LogP) is 5.69. The molecule has 0 unspecified atom stereocenters. The fourth-order valence-corrected chi connectivity index (χ4v) is 5.05. The Kier molecular flexibility index (Phi) is 6.72. The highest BCUT2D eigenvalue weighted by Gasteiger charge is 2.29. The molecular weight excluding hydrogens is 442 g/mol. The third-order valence-corrected chi connectivity index (χ3v) is 7.53. The number of hydrogen-bond acceptors (Lipinski definition) is 5. The lowest BCUT2D eigenvalue weighted by Crippen LogP contribution is -2.41. The highest BCUT2D eigenvalue weighted by molar-refractivity contribution is 7.98. The van der Waals surface area contributed by atoms with E-state index in [0.717, 1.165) is 72.4 Å². The van der Waals surface area contributed by atoms with Crippen LogP contribution in [0.2, 0.25) is 0 Å². The van der Waals surface area contributed by atoms with Crippen LogP contribution in [-0.4, -0.2) is 46.8 Å². The van der Waals surface area contributed by atoms with Crippen LogP contribution in [0.1, 0.15) is 31.0 Å². The molecule has 3 aromatic rings. The molecule has 176 valence electrons. The van der Waals surface area contributed by atoms with E-state index in [1.807, 2.05) is 53.6 Å². The predicted molar refractivity (Wildman–Crippen MR) is 139 cm³/mol. The van der Waals surface area contributed by atoms with E-state index in [1.54, 1.807) is 11.8 Å². The second-order valence-electron chi connectivity index (χ2n) is 9.16. The number of piperidine rings is 1. The molecular formula is C27H31N5OS. The number of fused-ring (bicyclic) bond motifs is 1. The van der Waals surface area contributed by atoms with E-state index in [0.29, 0.717) is 13.1 Å². The lowest BCUT2D eigenvalue weighted by atomic mass is 9.98. The fraction of sp³-hybridized carbons (Fsp3) is 0.370. The molecule has 6 nitrogen and oxygen atoms in total. The first-order valence-corrected chi connectivity index (χ1v) is 13.2. The van der Waals surface area contributed by atoms with Gasteiger partial charge in [0.2, 0.25) is 0 Å². The van der Waals surface area contributed by atoms with Gasteiger partial charge < -0.3 is 15.1 Å². The van der Waals surface area contributed by atoms with Crippen LogP contribution in [0.5, 0.6) is 0 Å². The van der Waals surface area contributed by atoms with Crippen LogP contribution in [0.15, 0.2) is 59.5 Å². The van der Waals surface area contributed by atoms with Crippen molar-refractivity contribution in [2.45, 2.75) is 37.6 Å². The summed E-state index contributed by atoms with van der Waals surface area (Å²) < 4.78 is 0. The Morgan fingerprint density at radius 3 is 2.44 bits per heavy atom. The maximum absolute atomic E-state index is 13.1. The number of aromatic nitrogens is 2. The number of benzene rings is 2. The van der Waals surface area contributed by atoms with Crippen LogP contribution >= 0.6 is 11.8 Å². The van der Waals surface area contributed by atoms with Crippen LogP contribution in [0.4, 0.5) is 16.3 Å². The summed E-state index contributed by atoms with van der Waals surface area (Å²) in [6, 6.07) is 18.1. The van der Waals surface area contributed by atoms with Crippen LogP contribution in [0, 0.1) is 5.92 Å². The summed E-state index contributed by atoms with van der Waals surface area (Å²) in [5.41, 5.74) is 4.00. The maximum Gasteiger partial charge on any atom is 0.322 e. The molecule has 0 bridgehead atoms. The molecule has 34 heavy (non-hydrogen) atoms. The third kappa shape index (κ3) is 4.89. The van der Waals surface area contributed by atoms with Gasteiger partial charge in [0.15, 0.2) is 5.82 Å². The molecule has 1 fully saturated rings. The molecule has 2 aromatic carbocycles. The van der Waals surface area contributed by atoms with Crippen molar-refractivity contribution in [3.63, 3.8) is 0 Å². The van der Waals surface area contributed by atoms with Crippen molar-refractivity contribution in [3.8, 4) is 11.4 Å². The summed E-state index contributed by atoms with van der Waals surface area (Å²) in [6.07, 6.45) is 5.10. The molecule has 3 heterocycles. The molecule has 5 rings (SSSR count). The van der Waals surface area contributed by atoms with Gasteiger partial charge in [0.05, 0.1) is 12.2 Å². The average Bonchev–Trinajstić information content (AvgIpc) is 2.89. The van der Waals surface area contributed by atoms with Gasteiger partial charge in [-0.15, -0.1) is 11.8 Å². The second-order valence-corrected chi connectivity index (χ2v) is 10.0. The standard InChI is InChI=1S/C27H31N5OS/c1-19-12-15-31(16-13-19)26-23-18-32(27(33)28-21-8-10-22(34-2)11-9-21)17-14-24(23)29-25(30-26)20-6-4-3-5-7-20/h3-11,19H,12-18H2,1-2H3,(H,28,33). The van der Waals surface area contributed by atoms with E-state index in [-0.39, 0.29) is 6.03 Å². The minimum atomic E-state index is -0.0760. The zero-order valence-electron chi connectivity index (χ0n) is 19.8. The zero-order chi connectivity index (χ0) is 23.5. The van der Waals surface area contributed by atoms with Crippen LogP contribution in [0.25, 0.3) is 11.4 Å². The van der Waals surface area contributed by atoms with E-state index >= 15 is 0 Å². The van der Waals surface area contributed by atoms with Crippen molar-refractivity contribution >= 4 is 29.3 Å². The molecule has 2 aliphatic heterocycles. The third-order valence-electron chi connectivity index (χ3n) is 6.78. The molecule has 0 radical (unpaired) electrons. The number of carbonyl (C=O) groups excluding carboxylic acids is 1. The first-order chi connectivity index (χ1) is 16.6. The Hall–Kier alpha value is -3.06. The zero-order valence-corrected chi connectivity index (χ0v) is 20.6. The van der Waals surface area contributed by atoms with Gasteiger partial charge in [-0.3, -0.25) is 0 Å². The molecule has 7 heteroatoms. The number of urea groups is 1. The lowest BCUT2D eigenvalue weighted by Gasteiger charge is -2.36. The van der Waals surface area contributed by atoms with E-state index in [4.69, 9.17) is 9.97 Å². The fourth-order valence-electron chi connectivity index (χ4n) is 4.65. The summed E-state index contributed by atoms with van der Waals surface area (Å²) in [7, 11) is 0. The number of rotatable bonds is 4. The molecule has 1 aromatic heterocycles. The average molecular weight is 474 g/mol. The summed E-state index contributed by atoms with van der Waals surface area (Å²) in [5.74, 6) is 2.51. The van der Waals surface area contributed by atoms with Gasteiger partial charge in [-0.1, -0.05) is 37.3 Å². The Morgan fingerprint density at radius 1 is 1.00 bits per heavy atom. The molecule has 0 atom stereocenters. The smallest absolute Gasteiger partial charge is 0.322 e. The van der Waals surface area contributed by atoms with Gasteiger partial charge in [-0.05, 0) is 49.3 Å². The number of nitrogens with one attached hydrogen (secondary N) is 1. The van der Waals surface area contributed by atoms with Crippen molar-refractivity contribution in [1.82, 2.24) is 14.9 Å². The summed E-state index contributed by atoms with van der Waals surface area (Å²) in [4.78, 5) is 28.6. The van der Waals surface area contributed by atoms with Crippen molar-refractivity contribution in [2.75, 3.05) is 36.1 Å². The summed E-state index contributed by atoms with van der Waals surface area (Å²) in [5, 5.41) is 3.06. The number of thioether (sulfide) groups is 1. The SMILES string of the molecule is CSc1ccc(NC(=O)N2CCc3nc(-c4ccccc4)nc(N4CCC(C)CC4)c3C2)cc1. The van der Waals surface area contributed by atoms with Crippen molar-refractivity contribution < 1.29 is 4.79 Å². The number of hydrogen-bond donors (Lipinski definition) is 1. The molecule has 1 saturated heterocycles. The Bertz CT molecular complexity index is 1140. The van der Waals surface area contributed by atoms with Gasteiger partial charge in [0, 0.05) is 47.8 Å². The molecule has 0 spiro atoms. The van der Waals surface area contributed by atoms with Gasteiger partial charge in [-0.2, -0.15) is 0 Å². The largest absolute Gasteiger partial charge is 0.356 e. The Morgan fingerprint density at radius 2 is 1.74 bits per heavy atom. The maximum atomic E-state index is 13.1. The first kappa shape index (κ1) is 22.7. The number of nitrogens with zero attached hydrogens (tertiary/aromatic N) is 4. The van der Waals surface area contributed by atoms with E-state index in [9.17, 15) is 4.79 Å². The topological polar surface area (TPSA) is 61.4 Å². The van der Waals surface area contributed by atoms with Crippen LogP contribution in [-0.2, 0) is 13.0 Å². The Balaban J connectivity index is 1.42. The highest BCUT2D eigenvalue weighted by Crippen LogP contribution is 2.32. The quantitative estimate of drug-likeness (QED) is 0.493. The van der Waals surface area contributed by atoms with Crippen LogP contribution in [0.3, 0.4) is 0 Å². The number of carbonyl (C=O) groups is 1. The van der Waals surface area contributed by atoms with E-state index < -0.39 is 0 Å². The van der Waals surface area contributed by atoms with Crippen LogP contribution < -0.4 is 10.2 Å². The van der Waals surface area contributed by atoms with Crippen molar-refractivity contribution in [2.24, 2.45) is 5.92 Å². The molecule has 2 amide bonds. The van der Waals surface area contributed by atoms with E-state index in [2.05, 4.69) is 29.3 Å². The molecule has 0 aliphatic carbocycles. The minimum absolute atomic E-state index is 0.0760. The lowest BCUT2D eigenvalue weighted by molar-refractivity contribution is 0.206. The molecule has 0 saturated carbocycles. The van der Waals surface area contributed by atoms with Gasteiger partial charge in [0.25, 0.3) is 0 Å². The van der Waals surface area contributed by atoms with Crippen molar-refractivity contribution in [1.29, 1.82) is 0 Å². The minimum Gasteiger partial charge on any atom is -0.356 e. The number of anilines is 2. The highest BCUT2D eigenvalue weighted by atomic mass is 32.2. The molecule has 2 aliphatic rings. The van der Waals surface area contributed by atoms with E-state index in [1.165, 1.54) is 4.90 Å². The first-order valence-electron chi connectivity index (χ1n) is 12.0. The van der Waals surface area contributed by atoms with Crippen molar-refractivity contribution in [3.05, 3.63) is 65.9 Å². The summed E-state index contributed by atoms with van der Waals surface area (Å²) >= 11 is 1.69. The normalized spacial score (nSPS) is 16.3. The van der Waals surface area contributed by atoms with Gasteiger partial charge >= 0.3 is 6.03 Å². The van der Waals surface area contributed by atoms with Gasteiger partial charge in [-0.25, -0.2) is 14.8 Å². The number of amides is 2.